The Labute approximate surface area is 144 Å². The van der Waals surface area contributed by atoms with Crippen LogP contribution < -0.4 is 0 Å². The van der Waals surface area contributed by atoms with E-state index in [1.54, 1.807) is 16.2 Å². The van der Waals surface area contributed by atoms with Gasteiger partial charge in [0.05, 0.1) is 6.42 Å². The van der Waals surface area contributed by atoms with Crippen molar-refractivity contribution in [1.29, 1.82) is 0 Å². The Balaban J connectivity index is 1.59. The van der Waals surface area contributed by atoms with Gasteiger partial charge in [-0.3, -0.25) is 9.59 Å². The van der Waals surface area contributed by atoms with E-state index in [1.165, 1.54) is 24.3 Å². The van der Waals surface area contributed by atoms with Crippen molar-refractivity contribution in [3.8, 4) is 0 Å². The molecular weight excluding hydrogens is 327 g/mol. The van der Waals surface area contributed by atoms with E-state index in [0.717, 1.165) is 11.3 Å². The maximum atomic E-state index is 13.0. The number of nitrogens with zero attached hydrogens (tertiary/aromatic N) is 2. The maximum Gasteiger partial charge on any atom is 0.253 e. The first kappa shape index (κ1) is 16.6. The highest BCUT2D eigenvalue weighted by Gasteiger charge is 2.23. The van der Waals surface area contributed by atoms with E-state index in [2.05, 4.69) is 0 Å². The summed E-state index contributed by atoms with van der Waals surface area (Å²) in [5.41, 5.74) is 0.481. The van der Waals surface area contributed by atoms with Crippen molar-refractivity contribution < 1.29 is 14.0 Å². The molecule has 3 rings (SSSR count). The van der Waals surface area contributed by atoms with Crippen LogP contribution in [0.15, 0.2) is 41.8 Å². The third-order valence-electron chi connectivity index (χ3n) is 4.13. The van der Waals surface area contributed by atoms with Crippen LogP contribution in [0, 0.1) is 5.82 Å². The average Bonchev–Trinajstić information content (AvgIpc) is 2.96. The summed E-state index contributed by atoms with van der Waals surface area (Å²) in [6, 6.07) is 9.50. The molecule has 1 aromatic heterocycles. The summed E-state index contributed by atoms with van der Waals surface area (Å²) in [5, 5.41) is 1.97. The van der Waals surface area contributed by atoms with Crippen molar-refractivity contribution in [2.75, 3.05) is 26.2 Å². The second-order valence-electron chi connectivity index (χ2n) is 5.79. The Bertz CT molecular complexity index is 700. The molecule has 0 aliphatic carbocycles. The van der Waals surface area contributed by atoms with Crippen LogP contribution in [0.2, 0.25) is 0 Å². The topological polar surface area (TPSA) is 40.6 Å². The number of amides is 2. The predicted molar refractivity (Wildman–Crippen MR) is 91.5 cm³/mol. The molecule has 0 N–H and O–H groups in total. The van der Waals surface area contributed by atoms with Gasteiger partial charge in [0, 0.05) is 36.6 Å². The summed E-state index contributed by atoms with van der Waals surface area (Å²) in [6.45, 7) is 2.32. The summed E-state index contributed by atoms with van der Waals surface area (Å²) in [7, 11) is 0. The maximum absolute atomic E-state index is 13.0. The fourth-order valence-corrected chi connectivity index (χ4v) is 3.51. The summed E-state index contributed by atoms with van der Waals surface area (Å²) in [6.07, 6.45) is 1.17. The lowest BCUT2D eigenvalue weighted by atomic mass is 10.2. The van der Waals surface area contributed by atoms with Gasteiger partial charge in [0.25, 0.3) is 5.91 Å². The van der Waals surface area contributed by atoms with Crippen LogP contribution in [-0.4, -0.2) is 47.8 Å². The Kier molecular flexibility index (Phi) is 5.25. The molecule has 2 heterocycles. The zero-order valence-corrected chi connectivity index (χ0v) is 14.1. The van der Waals surface area contributed by atoms with Crippen LogP contribution in [-0.2, 0) is 11.2 Å². The zero-order valence-electron chi connectivity index (χ0n) is 13.3. The predicted octanol–water partition coefficient (Wildman–Crippen LogP) is 2.80. The quantitative estimate of drug-likeness (QED) is 0.857. The van der Waals surface area contributed by atoms with Crippen LogP contribution in [0.3, 0.4) is 0 Å². The van der Waals surface area contributed by atoms with E-state index < -0.39 is 0 Å². The van der Waals surface area contributed by atoms with Gasteiger partial charge in [-0.1, -0.05) is 6.07 Å². The number of benzene rings is 1. The minimum Gasteiger partial charge on any atom is -0.341 e. The fraction of sp³-hybridized carbons (Fsp3) is 0.333. The minimum absolute atomic E-state index is 0.105. The van der Waals surface area contributed by atoms with Gasteiger partial charge in [0.15, 0.2) is 0 Å². The molecule has 0 unspecified atom stereocenters. The molecule has 6 heteroatoms. The molecule has 0 radical (unpaired) electrons. The second kappa shape index (κ2) is 7.57. The van der Waals surface area contributed by atoms with Gasteiger partial charge in [-0.2, -0.15) is 0 Å². The van der Waals surface area contributed by atoms with Crippen LogP contribution in [0.4, 0.5) is 4.39 Å². The molecule has 0 saturated carbocycles. The van der Waals surface area contributed by atoms with Crippen LogP contribution >= 0.6 is 11.3 Å². The van der Waals surface area contributed by atoms with Crippen LogP contribution in [0.25, 0.3) is 0 Å². The van der Waals surface area contributed by atoms with Crippen molar-refractivity contribution in [3.63, 3.8) is 0 Å². The summed E-state index contributed by atoms with van der Waals surface area (Å²) < 4.78 is 13.0. The molecule has 4 nitrogen and oxygen atoms in total. The molecule has 126 valence electrons. The molecule has 0 atom stereocenters. The number of hydrogen-bond acceptors (Lipinski definition) is 3. The van der Waals surface area contributed by atoms with E-state index in [0.29, 0.717) is 38.2 Å². The van der Waals surface area contributed by atoms with E-state index in [1.807, 2.05) is 22.4 Å². The highest BCUT2D eigenvalue weighted by atomic mass is 32.1. The Morgan fingerprint density at radius 3 is 2.42 bits per heavy atom. The molecule has 1 aliphatic heterocycles. The van der Waals surface area contributed by atoms with Gasteiger partial charge in [-0.25, -0.2) is 4.39 Å². The van der Waals surface area contributed by atoms with E-state index >= 15 is 0 Å². The number of halogens is 1. The van der Waals surface area contributed by atoms with Crippen molar-refractivity contribution >= 4 is 23.2 Å². The monoisotopic (exact) mass is 346 g/mol. The first-order valence-corrected chi connectivity index (χ1v) is 8.86. The van der Waals surface area contributed by atoms with Gasteiger partial charge in [0.1, 0.15) is 5.82 Å². The molecule has 1 aliphatic rings. The Morgan fingerprint density at radius 2 is 1.71 bits per heavy atom. The number of carbonyl (C=O) groups excluding carboxylic acids is 2. The number of thiophene rings is 1. The molecule has 2 amide bonds. The molecule has 0 spiro atoms. The number of rotatable bonds is 3. The van der Waals surface area contributed by atoms with E-state index in [-0.39, 0.29) is 17.6 Å². The molecule has 1 aromatic carbocycles. The molecule has 24 heavy (non-hydrogen) atoms. The lowest BCUT2D eigenvalue weighted by Crippen LogP contribution is -2.37. The lowest BCUT2D eigenvalue weighted by molar-refractivity contribution is -0.130. The highest BCUT2D eigenvalue weighted by Crippen LogP contribution is 2.14. The first-order chi connectivity index (χ1) is 11.6. The third-order valence-corrected chi connectivity index (χ3v) is 5.01. The van der Waals surface area contributed by atoms with Crippen molar-refractivity contribution in [2.24, 2.45) is 0 Å². The van der Waals surface area contributed by atoms with E-state index in [4.69, 9.17) is 0 Å². The minimum atomic E-state index is -0.354. The van der Waals surface area contributed by atoms with Gasteiger partial charge >= 0.3 is 0 Å². The smallest absolute Gasteiger partial charge is 0.253 e. The SMILES string of the molecule is O=C(Cc1cccs1)N1CCCN(C(=O)c2ccc(F)cc2)CC1. The normalized spacial score (nSPS) is 15.2. The molecular formula is C18H19FN2O2S. The largest absolute Gasteiger partial charge is 0.341 e. The molecule has 1 saturated heterocycles. The van der Waals surface area contributed by atoms with Crippen LogP contribution in [0.1, 0.15) is 21.7 Å². The third kappa shape index (κ3) is 4.00. The molecule has 2 aromatic rings. The van der Waals surface area contributed by atoms with Gasteiger partial charge in [-0.15, -0.1) is 11.3 Å². The zero-order chi connectivity index (χ0) is 16.9. The molecule has 1 fully saturated rings. The highest BCUT2D eigenvalue weighted by molar-refractivity contribution is 7.10. The fourth-order valence-electron chi connectivity index (χ4n) is 2.82. The average molecular weight is 346 g/mol. The number of hydrogen-bond donors (Lipinski definition) is 0. The van der Waals surface area contributed by atoms with Crippen LogP contribution in [0.5, 0.6) is 0 Å². The Hall–Kier alpha value is -2.21. The van der Waals surface area contributed by atoms with Crippen molar-refractivity contribution in [2.45, 2.75) is 12.8 Å². The van der Waals surface area contributed by atoms with Crippen molar-refractivity contribution in [1.82, 2.24) is 9.80 Å². The van der Waals surface area contributed by atoms with E-state index in [9.17, 15) is 14.0 Å². The summed E-state index contributed by atoms with van der Waals surface area (Å²) >= 11 is 1.58. The summed E-state index contributed by atoms with van der Waals surface area (Å²) in [4.78, 5) is 29.5. The first-order valence-electron chi connectivity index (χ1n) is 7.98. The van der Waals surface area contributed by atoms with Gasteiger partial charge in [-0.05, 0) is 42.1 Å². The number of carbonyl (C=O) groups is 2. The van der Waals surface area contributed by atoms with Crippen molar-refractivity contribution in [3.05, 3.63) is 58.0 Å². The standard InChI is InChI=1S/C18H19FN2O2S/c19-15-6-4-14(5-7-15)18(23)21-9-2-8-20(10-11-21)17(22)13-16-3-1-12-24-16/h1,3-7,12H,2,8-11,13H2. The lowest BCUT2D eigenvalue weighted by Gasteiger charge is -2.22. The Morgan fingerprint density at radius 1 is 1.00 bits per heavy atom. The van der Waals surface area contributed by atoms with Gasteiger partial charge < -0.3 is 9.80 Å². The summed E-state index contributed by atoms with van der Waals surface area (Å²) in [5.74, 6) is -0.358. The second-order valence-corrected chi connectivity index (χ2v) is 6.82. The van der Waals surface area contributed by atoms with Gasteiger partial charge in [0.2, 0.25) is 5.91 Å². The molecule has 0 bridgehead atoms.